The Morgan fingerprint density at radius 2 is 1.92 bits per heavy atom. The van der Waals surface area contributed by atoms with Crippen LogP contribution in [0.2, 0.25) is 0 Å². The summed E-state index contributed by atoms with van der Waals surface area (Å²) in [4.78, 5) is 2.43. The lowest BCUT2D eigenvalue weighted by molar-refractivity contribution is 0.185. The van der Waals surface area contributed by atoms with E-state index < -0.39 is 0 Å². The number of likely N-dealkylation sites (N-methyl/N-ethyl adjacent to an activating group) is 1. The van der Waals surface area contributed by atoms with Crippen molar-refractivity contribution >= 4 is 0 Å². The topological polar surface area (TPSA) is 29.3 Å². The average Bonchev–Trinajstić information content (AvgIpc) is 2.05. The largest absolute Gasteiger partial charge is 0.327 e. The second-order valence-electron chi connectivity index (χ2n) is 4.21. The van der Waals surface area contributed by atoms with E-state index in [2.05, 4.69) is 18.9 Å². The van der Waals surface area contributed by atoms with Gasteiger partial charge >= 0.3 is 0 Å². The number of hydrogen-bond acceptors (Lipinski definition) is 2. The molecule has 2 nitrogen and oxygen atoms in total. The normalized spacial score (nSPS) is 23.0. The molecule has 1 rings (SSSR count). The van der Waals surface area contributed by atoms with Crippen molar-refractivity contribution in [3.8, 4) is 0 Å². The van der Waals surface area contributed by atoms with Crippen LogP contribution in [0.25, 0.3) is 0 Å². The molecule has 0 amide bonds. The van der Waals surface area contributed by atoms with Gasteiger partial charge in [-0.3, -0.25) is 0 Å². The van der Waals surface area contributed by atoms with Crippen molar-refractivity contribution in [2.24, 2.45) is 5.73 Å². The predicted molar refractivity (Wildman–Crippen MR) is 53.2 cm³/mol. The van der Waals surface area contributed by atoms with E-state index in [4.69, 9.17) is 5.73 Å². The van der Waals surface area contributed by atoms with E-state index >= 15 is 0 Å². The van der Waals surface area contributed by atoms with E-state index in [-0.39, 0.29) is 0 Å². The third kappa shape index (κ3) is 3.11. The maximum Gasteiger partial charge on any atom is 0.0139 e. The molecule has 0 aromatic carbocycles. The lowest BCUT2D eigenvalue weighted by Gasteiger charge is -2.32. The van der Waals surface area contributed by atoms with Gasteiger partial charge in [-0.1, -0.05) is 19.3 Å². The Hall–Kier alpha value is -0.0800. The van der Waals surface area contributed by atoms with Crippen molar-refractivity contribution in [2.75, 3.05) is 13.6 Å². The molecule has 0 heterocycles. The molecule has 0 bridgehead atoms. The molecule has 12 heavy (non-hydrogen) atoms. The number of nitrogens with zero attached hydrogens (tertiary/aromatic N) is 1. The third-order valence-corrected chi connectivity index (χ3v) is 2.77. The second-order valence-corrected chi connectivity index (χ2v) is 4.21. The minimum atomic E-state index is 0.317. The Morgan fingerprint density at radius 3 is 2.42 bits per heavy atom. The first kappa shape index (κ1) is 10.0. The van der Waals surface area contributed by atoms with E-state index in [9.17, 15) is 0 Å². The second kappa shape index (κ2) is 4.83. The van der Waals surface area contributed by atoms with Crippen molar-refractivity contribution in [1.82, 2.24) is 4.90 Å². The molecular weight excluding hydrogens is 148 g/mol. The monoisotopic (exact) mass is 170 g/mol. The van der Waals surface area contributed by atoms with Crippen molar-refractivity contribution in [3.63, 3.8) is 0 Å². The van der Waals surface area contributed by atoms with Crippen LogP contribution >= 0.6 is 0 Å². The van der Waals surface area contributed by atoms with Gasteiger partial charge in [0.25, 0.3) is 0 Å². The van der Waals surface area contributed by atoms with Gasteiger partial charge in [-0.15, -0.1) is 0 Å². The Kier molecular flexibility index (Phi) is 4.02. The van der Waals surface area contributed by atoms with Gasteiger partial charge < -0.3 is 10.6 Å². The van der Waals surface area contributed by atoms with Gasteiger partial charge in [-0.25, -0.2) is 0 Å². The lowest BCUT2D eigenvalue weighted by Crippen LogP contribution is -2.40. The molecule has 72 valence electrons. The summed E-state index contributed by atoms with van der Waals surface area (Å²) >= 11 is 0. The molecule has 1 aliphatic carbocycles. The summed E-state index contributed by atoms with van der Waals surface area (Å²) in [6, 6.07) is 1.13. The Morgan fingerprint density at radius 1 is 1.33 bits per heavy atom. The molecule has 1 atom stereocenters. The molecule has 0 unspecified atom stereocenters. The third-order valence-electron chi connectivity index (χ3n) is 2.77. The first-order valence-electron chi connectivity index (χ1n) is 5.16. The molecule has 0 radical (unpaired) electrons. The average molecular weight is 170 g/mol. The smallest absolute Gasteiger partial charge is 0.0139 e. The van der Waals surface area contributed by atoms with Crippen LogP contribution in [-0.4, -0.2) is 30.6 Å². The van der Waals surface area contributed by atoms with E-state index in [0.717, 1.165) is 12.6 Å². The first-order chi connectivity index (χ1) is 5.70. The fourth-order valence-electron chi connectivity index (χ4n) is 2.13. The maximum absolute atomic E-state index is 5.76. The minimum Gasteiger partial charge on any atom is -0.327 e. The summed E-state index contributed by atoms with van der Waals surface area (Å²) in [6.45, 7) is 3.13. The van der Waals surface area contributed by atoms with Crippen LogP contribution in [-0.2, 0) is 0 Å². The van der Waals surface area contributed by atoms with Crippen LogP contribution in [0.1, 0.15) is 39.0 Å². The number of nitrogens with two attached hydrogens (primary N) is 1. The van der Waals surface area contributed by atoms with Gasteiger partial charge in [0.1, 0.15) is 0 Å². The summed E-state index contributed by atoms with van der Waals surface area (Å²) in [6.07, 6.45) is 7.01. The molecule has 0 spiro atoms. The zero-order valence-electron chi connectivity index (χ0n) is 8.42. The van der Waals surface area contributed by atoms with Crippen molar-refractivity contribution in [1.29, 1.82) is 0 Å². The summed E-state index contributed by atoms with van der Waals surface area (Å²) in [7, 11) is 2.21. The summed E-state index contributed by atoms with van der Waals surface area (Å²) < 4.78 is 0. The van der Waals surface area contributed by atoms with Crippen LogP contribution in [0.4, 0.5) is 0 Å². The van der Waals surface area contributed by atoms with Gasteiger partial charge in [0, 0.05) is 18.6 Å². The van der Waals surface area contributed by atoms with E-state index in [0.29, 0.717) is 6.04 Å². The van der Waals surface area contributed by atoms with Gasteiger partial charge in [0.15, 0.2) is 0 Å². The van der Waals surface area contributed by atoms with Crippen LogP contribution in [0, 0.1) is 0 Å². The highest BCUT2D eigenvalue weighted by molar-refractivity contribution is 4.75. The quantitative estimate of drug-likeness (QED) is 0.697. The highest BCUT2D eigenvalue weighted by Gasteiger charge is 2.17. The van der Waals surface area contributed by atoms with Gasteiger partial charge in [0.05, 0.1) is 0 Å². The van der Waals surface area contributed by atoms with Crippen molar-refractivity contribution < 1.29 is 0 Å². The van der Waals surface area contributed by atoms with Gasteiger partial charge in [-0.2, -0.15) is 0 Å². The van der Waals surface area contributed by atoms with Crippen LogP contribution in [0.15, 0.2) is 0 Å². The van der Waals surface area contributed by atoms with Crippen LogP contribution in [0.5, 0.6) is 0 Å². The van der Waals surface area contributed by atoms with E-state index in [1.165, 1.54) is 32.1 Å². The molecule has 0 aromatic rings. The zero-order valence-corrected chi connectivity index (χ0v) is 8.42. The Balaban J connectivity index is 2.24. The highest BCUT2D eigenvalue weighted by atomic mass is 15.1. The number of rotatable bonds is 3. The molecule has 0 aromatic heterocycles. The first-order valence-corrected chi connectivity index (χ1v) is 5.16. The van der Waals surface area contributed by atoms with Crippen LogP contribution in [0.3, 0.4) is 0 Å². The fourth-order valence-corrected chi connectivity index (χ4v) is 2.13. The standard InChI is InChI=1S/C10H22N2/c1-9(11)8-12(2)10-6-4-3-5-7-10/h9-10H,3-8,11H2,1-2H3/t9-/m1/s1. The lowest BCUT2D eigenvalue weighted by atomic mass is 9.94. The van der Waals surface area contributed by atoms with E-state index in [1.54, 1.807) is 0 Å². The van der Waals surface area contributed by atoms with Crippen molar-refractivity contribution in [2.45, 2.75) is 51.1 Å². The summed E-state index contributed by atoms with van der Waals surface area (Å²) in [5.41, 5.74) is 5.76. The number of hydrogen-bond donors (Lipinski definition) is 1. The molecule has 0 aliphatic heterocycles. The Labute approximate surface area is 76.1 Å². The molecule has 1 aliphatic rings. The molecular formula is C10H22N2. The molecule has 0 saturated heterocycles. The molecule has 1 fully saturated rings. The molecule has 2 N–H and O–H groups in total. The minimum absolute atomic E-state index is 0.317. The maximum atomic E-state index is 5.76. The predicted octanol–water partition coefficient (Wildman–Crippen LogP) is 1.60. The fraction of sp³-hybridized carbons (Fsp3) is 1.00. The SMILES string of the molecule is C[C@@H](N)CN(C)C1CCCCC1. The van der Waals surface area contributed by atoms with Crippen molar-refractivity contribution in [3.05, 3.63) is 0 Å². The van der Waals surface area contributed by atoms with E-state index in [1.807, 2.05) is 0 Å². The molecule has 2 heteroatoms. The van der Waals surface area contributed by atoms with Gasteiger partial charge in [0.2, 0.25) is 0 Å². The van der Waals surface area contributed by atoms with Crippen LogP contribution < -0.4 is 5.73 Å². The molecule has 1 saturated carbocycles. The summed E-state index contributed by atoms with van der Waals surface area (Å²) in [5.74, 6) is 0. The summed E-state index contributed by atoms with van der Waals surface area (Å²) in [5, 5.41) is 0. The van der Waals surface area contributed by atoms with Gasteiger partial charge in [-0.05, 0) is 26.8 Å². The zero-order chi connectivity index (χ0) is 8.97. The highest BCUT2D eigenvalue weighted by Crippen LogP contribution is 2.21. The Bertz CT molecular complexity index is 117.